The summed E-state index contributed by atoms with van der Waals surface area (Å²) in [5.41, 5.74) is 0. The summed E-state index contributed by atoms with van der Waals surface area (Å²) in [6.07, 6.45) is 33.7. The van der Waals surface area contributed by atoms with Crippen molar-refractivity contribution in [3.63, 3.8) is 0 Å². The van der Waals surface area contributed by atoms with Crippen LogP contribution in [0.3, 0.4) is 0 Å². The van der Waals surface area contributed by atoms with E-state index in [9.17, 15) is 4.79 Å². The number of rotatable bonds is 24. The standard InChI is InChI=1S/C29H55NO2/c1-4-5-6-7-8-9-10-11-12-13-14-15-16-17-18-19-22-25-28(30(2)3)26-23-20-21-24-27-29(31)32/h8-9,11-12,28H,4-7,10,13-27H2,1-3H3,(H,31,32)/b9-8-,12-11-. The third kappa shape index (κ3) is 23.6. The summed E-state index contributed by atoms with van der Waals surface area (Å²) < 4.78 is 0. The highest BCUT2D eigenvalue weighted by Crippen LogP contribution is 2.17. The molecule has 0 aromatic rings. The van der Waals surface area contributed by atoms with Crippen LogP contribution >= 0.6 is 0 Å². The summed E-state index contributed by atoms with van der Waals surface area (Å²) in [5, 5.41) is 8.69. The minimum Gasteiger partial charge on any atom is -0.481 e. The molecule has 0 heterocycles. The van der Waals surface area contributed by atoms with E-state index in [2.05, 4.69) is 50.2 Å². The van der Waals surface area contributed by atoms with Gasteiger partial charge >= 0.3 is 5.97 Å². The third-order valence-electron chi connectivity index (χ3n) is 6.40. The lowest BCUT2D eigenvalue weighted by molar-refractivity contribution is -0.137. The Kier molecular flexibility index (Phi) is 23.7. The van der Waals surface area contributed by atoms with E-state index < -0.39 is 5.97 Å². The summed E-state index contributed by atoms with van der Waals surface area (Å²) in [6, 6.07) is 0.687. The van der Waals surface area contributed by atoms with Gasteiger partial charge in [0.1, 0.15) is 0 Å². The first-order valence-electron chi connectivity index (χ1n) is 13.8. The van der Waals surface area contributed by atoms with E-state index in [4.69, 9.17) is 5.11 Å². The number of carboxylic acids is 1. The Bertz CT molecular complexity index is 456. The SMILES string of the molecule is CCCCC/C=C\C/C=C\CCCCCCCCCC(CCCCCCC(=O)O)N(C)C. The fourth-order valence-corrected chi connectivity index (χ4v) is 4.22. The van der Waals surface area contributed by atoms with E-state index in [1.165, 1.54) is 103 Å². The van der Waals surface area contributed by atoms with Crippen LogP contribution in [0.2, 0.25) is 0 Å². The number of hydrogen-bond donors (Lipinski definition) is 1. The minimum absolute atomic E-state index is 0.324. The molecule has 0 saturated heterocycles. The highest BCUT2D eigenvalue weighted by Gasteiger charge is 2.10. The molecule has 1 atom stereocenters. The van der Waals surface area contributed by atoms with E-state index in [0.717, 1.165) is 19.3 Å². The Labute approximate surface area is 200 Å². The molecule has 0 saturated carbocycles. The molecule has 32 heavy (non-hydrogen) atoms. The van der Waals surface area contributed by atoms with Gasteiger partial charge in [0.2, 0.25) is 0 Å². The molecule has 0 rings (SSSR count). The molecular formula is C29H55NO2. The molecule has 0 amide bonds. The number of hydrogen-bond acceptors (Lipinski definition) is 2. The largest absolute Gasteiger partial charge is 0.481 e. The van der Waals surface area contributed by atoms with Crippen molar-refractivity contribution < 1.29 is 9.90 Å². The van der Waals surface area contributed by atoms with Gasteiger partial charge in [-0.2, -0.15) is 0 Å². The van der Waals surface area contributed by atoms with Crippen molar-refractivity contribution in [2.45, 2.75) is 141 Å². The topological polar surface area (TPSA) is 40.5 Å². The molecular weight excluding hydrogens is 394 g/mol. The zero-order chi connectivity index (χ0) is 23.7. The maximum absolute atomic E-state index is 10.6. The first-order valence-corrected chi connectivity index (χ1v) is 13.8. The third-order valence-corrected chi connectivity index (χ3v) is 6.40. The highest BCUT2D eigenvalue weighted by molar-refractivity contribution is 5.66. The Hall–Kier alpha value is -1.09. The van der Waals surface area contributed by atoms with E-state index in [0.29, 0.717) is 12.5 Å². The van der Waals surface area contributed by atoms with E-state index in [-0.39, 0.29) is 0 Å². The lowest BCUT2D eigenvalue weighted by atomic mass is 9.99. The molecule has 188 valence electrons. The maximum Gasteiger partial charge on any atom is 0.303 e. The summed E-state index contributed by atoms with van der Waals surface area (Å²) in [7, 11) is 4.40. The number of aliphatic carboxylic acids is 1. The number of allylic oxidation sites excluding steroid dienone is 4. The minimum atomic E-state index is -0.663. The molecule has 0 radical (unpaired) electrons. The van der Waals surface area contributed by atoms with Crippen LogP contribution in [-0.4, -0.2) is 36.1 Å². The number of carbonyl (C=O) groups is 1. The normalized spacial score (nSPS) is 13.0. The predicted molar refractivity (Wildman–Crippen MR) is 141 cm³/mol. The highest BCUT2D eigenvalue weighted by atomic mass is 16.4. The van der Waals surface area contributed by atoms with Gasteiger partial charge in [-0.25, -0.2) is 0 Å². The fraction of sp³-hybridized carbons (Fsp3) is 0.828. The van der Waals surface area contributed by atoms with Gasteiger partial charge in [0.15, 0.2) is 0 Å². The van der Waals surface area contributed by atoms with Gasteiger partial charge in [0.05, 0.1) is 0 Å². The molecule has 0 aromatic heterocycles. The second-order valence-corrected chi connectivity index (χ2v) is 9.69. The Morgan fingerprint density at radius 3 is 1.66 bits per heavy atom. The van der Waals surface area contributed by atoms with Gasteiger partial charge in [-0.1, -0.05) is 102 Å². The Morgan fingerprint density at radius 2 is 1.16 bits per heavy atom. The lowest BCUT2D eigenvalue weighted by Crippen LogP contribution is -2.27. The molecule has 3 heteroatoms. The Balaban J connectivity index is 3.48. The van der Waals surface area contributed by atoms with Gasteiger partial charge in [0, 0.05) is 12.5 Å². The quantitative estimate of drug-likeness (QED) is 0.118. The number of unbranched alkanes of at least 4 members (excludes halogenated alkanes) is 13. The summed E-state index contributed by atoms with van der Waals surface area (Å²) >= 11 is 0. The molecule has 0 aliphatic rings. The first-order chi connectivity index (χ1) is 15.6. The van der Waals surface area contributed by atoms with Crippen LogP contribution in [0.4, 0.5) is 0 Å². The van der Waals surface area contributed by atoms with Crippen LogP contribution < -0.4 is 0 Å². The summed E-state index contributed by atoms with van der Waals surface area (Å²) in [5.74, 6) is -0.663. The summed E-state index contributed by atoms with van der Waals surface area (Å²) in [4.78, 5) is 12.9. The summed E-state index contributed by atoms with van der Waals surface area (Å²) in [6.45, 7) is 2.26. The first kappa shape index (κ1) is 30.9. The monoisotopic (exact) mass is 449 g/mol. The van der Waals surface area contributed by atoms with Crippen LogP contribution in [0.15, 0.2) is 24.3 Å². The van der Waals surface area contributed by atoms with Gasteiger partial charge in [-0.3, -0.25) is 4.79 Å². The second kappa shape index (κ2) is 24.6. The van der Waals surface area contributed by atoms with Crippen molar-refractivity contribution in [3.8, 4) is 0 Å². The van der Waals surface area contributed by atoms with Crippen LogP contribution in [0.1, 0.15) is 135 Å². The molecule has 0 aromatic carbocycles. The van der Waals surface area contributed by atoms with Gasteiger partial charge in [0.25, 0.3) is 0 Å². The van der Waals surface area contributed by atoms with Crippen molar-refractivity contribution in [2.24, 2.45) is 0 Å². The van der Waals surface area contributed by atoms with Crippen molar-refractivity contribution in [1.29, 1.82) is 0 Å². The zero-order valence-corrected chi connectivity index (χ0v) is 21.8. The van der Waals surface area contributed by atoms with Crippen LogP contribution in [-0.2, 0) is 4.79 Å². The lowest BCUT2D eigenvalue weighted by Gasteiger charge is -2.24. The van der Waals surface area contributed by atoms with E-state index in [1.54, 1.807) is 0 Å². The average molecular weight is 450 g/mol. The molecule has 0 fully saturated rings. The van der Waals surface area contributed by atoms with Crippen molar-refractivity contribution in [3.05, 3.63) is 24.3 Å². The van der Waals surface area contributed by atoms with E-state index in [1.807, 2.05) is 0 Å². The molecule has 0 aliphatic carbocycles. The smallest absolute Gasteiger partial charge is 0.303 e. The molecule has 3 nitrogen and oxygen atoms in total. The number of carboxylic acid groups (broad SMARTS) is 1. The molecule has 1 unspecified atom stereocenters. The van der Waals surface area contributed by atoms with Crippen LogP contribution in [0, 0.1) is 0 Å². The van der Waals surface area contributed by atoms with Crippen LogP contribution in [0.5, 0.6) is 0 Å². The number of nitrogens with zero attached hydrogens (tertiary/aromatic N) is 1. The second-order valence-electron chi connectivity index (χ2n) is 9.69. The molecule has 0 bridgehead atoms. The van der Waals surface area contributed by atoms with Crippen molar-refractivity contribution in [1.82, 2.24) is 4.90 Å². The zero-order valence-electron chi connectivity index (χ0n) is 21.8. The van der Waals surface area contributed by atoms with Gasteiger partial charge in [-0.15, -0.1) is 0 Å². The average Bonchev–Trinajstić information content (AvgIpc) is 2.76. The maximum atomic E-state index is 10.6. The van der Waals surface area contributed by atoms with Gasteiger partial charge < -0.3 is 10.0 Å². The van der Waals surface area contributed by atoms with E-state index >= 15 is 0 Å². The fourth-order valence-electron chi connectivity index (χ4n) is 4.22. The van der Waals surface area contributed by atoms with Crippen molar-refractivity contribution >= 4 is 5.97 Å². The Morgan fingerprint density at radius 1 is 0.688 bits per heavy atom. The molecule has 0 aliphatic heterocycles. The van der Waals surface area contributed by atoms with Gasteiger partial charge in [-0.05, 0) is 65.5 Å². The van der Waals surface area contributed by atoms with Crippen LogP contribution in [0.25, 0.3) is 0 Å². The van der Waals surface area contributed by atoms with Crippen molar-refractivity contribution in [2.75, 3.05) is 14.1 Å². The molecule has 0 spiro atoms. The molecule has 1 N–H and O–H groups in total. The predicted octanol–water partition coefficient (Wildman–Crippen LogP) is 8.94.